The Bertz CT molecular complexity index is 1740. The molecule has 0 radical (unpaired) electrons. The SMILES string of the molecule is [2H]C([2H])([2H])N1CCN(Cc2ccc(NC(=O)c3ccc(C(F)F)c(C#Cc4cnc5cccnn45)c3)cc2C(F)(F)F)CC1. The summed E-state index contributed by atoms with van der Waals surface area (Å²) in [5.41, 5.74) is -0.926. The van der Waals surface area contributed by atoms with Crippen molar-refractivity contribution in [2.24, 2.45) is 0 Å². The normalized spacial score (nSPS) is 16.1. The smallest absolute Gasteiger partial charge is 0.322 e. The van der Waals surface area contributed by atoms with E-state index >= 15 is 0 Å². The van der Waals surface area contributed by atoms with E-state index < -0.39 is 36.6 Å². The van der Waals surface area contributed by atoms with Crippen LogP contribution in [-0.4, -0.2) is 63.5 Å². The van der Waals surface area contributed by atoms with Gasteiger partial charge in [0.1, 0.15) is 5.69 Å². The molecule has 0 unspecified atom stereocenters. The second kappa shape index (κ2) is 11.6. The maximum atomic E-state index is 14.0. The summed E-state index contributed by atoms with van der Waals surface area (Å²) in [6, 6.07) is 10.1. The highest BCUT2D eigenvalue weighted by atomic mass is 19.4. The van der Waals surface area contributed by atoms with Crippen molar-refractivity contribution in [3.8, 4) is 11.8 Å². The van der Waals surface area contributed by atoms with Crippen molar-refractivity contribution in [2.45, 2.75) is 19.1 Å². The lowest BCUT2D eigenvalue weighted by Crippen LogP contribution is -2.44. The lowest BCUT2D eigenvalue weighted by Gasteiger charge is -2.33. The van der Waals surface area contributed by atoms with Crippen molar-refractivity contribution >= 4 is 17.2 Å². The van der Waals surface area contributed by atoms with Crippen LogP contribution in [0, 0.1) is 11.8 Å². The van der Waals surface area contributed by atoms with Gasteiger partial charge >= 0.3 is 6.18 Å². The second-order valence-electron chi connectivity index (χ2n) is 9.38. The molecule has 0 spiro atoms. The molecule has 1 fully saturated rings. The van der Waals surface area contributed by atoms with Gasteiger partial charge in [0.25, 0.3) is 12.3 Å². The molecule has 2 aromatic carbocycles. The van der Waals surface area contributed by atoms with Crippen LogP contribution in [0.5, 0.6) is 0 Å². The van der Waals surface area contributed by atoms with Crippen LogP contribution in [0.15, 0.2) is 60.9 Å². The topological polar surface area (TPSA) is 65.8 Å². The Labute approximate surface area is 236 Å². The lowest BCUT2D eigenvalue weighted by atomic mass is 10.0. The third kappa shape index (κ3) is 6.53. The zero-order valence-electron chi connectivity index (χ0n) is 24.4. The number of benzene rings is 2. The number of carbonyl (C=O) groups excluding carboxylic acids is 1. The molecule has 12 heteroatoms. The average molecular weight is 572 g/mol. The van der Waals surface area contributed by atoms with Crippen molar-refractivity contribution in [3.05, 3.63) is 94.4 Å². The fourth-order valence-electron chi connectivity index (χ4n) is 4.45. The van der Waals surface area contributed by atoms with Gasteiger partial charge in [-0.25, -0.2) is 18.3 Å². The summed E-state index contributed by atoms with van der Waals surface area (Å²) in [6.45, 7) is -1.37. The molecule has 0 saturated carbocycles. The fraction of sp³-hybridized carbons (Fsp3) is 0.276. The Balaban J connectivity index is 1.35. The summed E-state index contributed by atoms with van der Waals surface area (Å²) in [4.78, 5) is 20.2. The molecule has 1 aliphatic rings. The van der Waals surface area contributed by atoms with Gasteiger partial charge in [-0.15, -0.1) is 0 Å². The number of likely N-dealkylation sites (N-methyl/N-ethyl adjacent to an activating group) is 1. The van der Waals surface area contributed by atoms with Gasteiger partial charge in [-0.1, -0.05) is 18.1 Å². The number of halogens is 5. The monoisotopic (exact) mass is 571 g/mol. The van der Waals surface area contributed by atoms with E-state index in [-0.39, 0.29) is 55.1 Å². The van der Waals surface area contributed by atoms with Gasteiger partial charge in [0, 0.05) is 65.4 Å². The number of piperazine rings is 1. The van der Waals surface area contributed by atoms with Gasteiger partial charge in [-0.2, -0.15) is 18.3 Å². The summed E-state index contributed by atoms with van der Waals surface area (Å²) >= 11 is 0. The molecule has 1 amide bonds. The standard InChI is InChI=1S/C29H25F5N6O/c1-38-11-13-39(14-12-38)18-21-4-7-22(16-25(21)29(32,33)34)37-28(41)20-6-9-24(27(30)31)19(15-20)5-8-23-17-35-26-3-2-10-36-40(23)26/h2-4,6-7,9-10,15-17,27H,11-14,18H2,1H3,(H,37,41)/i1D3. The highest BCUT2D eigenvalue weighted by Gasteiger charge is 2.34. The van der Waals surface area contributed by atoms with Gasteiger partial charge in [0.2, 0.25) is 0 Å². The minimum absolute atomic E-state index is 0.0291. The van der Waals surface area contributed by atoms with Crippen LogP contribution in [0.4, 0.5) is 27.6 Å². The van der Waals surface area contributed by atoms with Crippen LogP contribution in [0.3, 0.4) is 0 Å². The Hall–Kier alpha value is -4.34. The van der Waals surface area contributed by atoms with Crippen LogP contribution in [-0.2, 0) is 12.7 Å². The number of alkyl halides is 5. The third-order valence-electron chi connectivity index (χ3n) is 6.59. The van der Waals surface area contributed by atoms with E-state index in [2.05, 4.69) is 27.2 Å². The predicted molar refractivity (Wildman–Crippen MR) is 143 cm³/mol. The number of rotatable bonds is 5. The van der Waals surface area contributed by atoms with E-state index in [0.717, 1.165) is 24.3 Å². The van der Waals surface area contributed by atoms with E-state index in [9.17, 15) is 26.7 Å². The van der Waals surface area contributed by atoms with Crippen molar-refractivity contribution in [3.63, 3.8) is 0 Å². The third-order valence-corrected chi connectivity index (χ3v) is 6.59. The number of hydrogen-bond acceptors (Lipinski definition) is 5. The fourth-order valence-corrected chi connectivity index (χ4v) is 4.45. The molecule has 4 aromatic rings. The van der Waals surface area contributed by atoms with E-state index in [1.165, 1.54) is 33.9 Å². The van der Waals surface area contributed by atoms with Gasteiger partial charge in [-0.05, 0) is 54.9 Å². The Kier molecular flexibility index (Phi) is 6.94. The van der Waals surface area contributed by atoms with Crippen molar-refractivity contribution < 1.29 is 30.9 Å². The van der Waals surface area contributed by atoms with E-state index in [1.54, 1.807) is 17.0 Å². The molecule has 212 valence electrons. The number of aromatic nitrogens is 3. The number of nitrogens with zero attached hydrogens (tertiary/aromatic N) is 5. The highest BCUT2D eigenvalue weighted by Crippen LogP contribution is 2.35. The van der Waals surface area contributed by atoms with Crippen molar-refractivity contribution in [2.75, 3.05) is 38.5 Å². The minimum atomic E-state index is -4.73. The number of anilines is 1. The molecule has 5 rings (SSSR count). The first-order valence-corrected chi connectivity index (χ1v) is 12.5. The molecular formula is C29H25F5N6O. The highest BCUT2D eigenvalue weighted by molar-refractivity contribution is 6.04. The van der Waals surface area contributed by atoms with Crippen molar-refractivity contribution in [1.82, 2.24) is 24.4 Å². The molecular weight excluding hydrogens is 543 g/mol. The number of imidazole rings is 1. The zero-order chi connectivity index (χ0) is 31.6. The quantitative estimate of drug-likeness (QED) is 0.267. The molecule has 7 nitrogen and oxygen atoms in total. The number of amides is 1. The van der Waals surface area contributed by atoms with E-state index in [4.69, 9.17) is 4.11 Å². The molecule has 0 bridgehead atoms. The maximum Gasteiger partial charge on any atom is 0.416 e. The summed E-state index contributed by atoms with van der Waals surface area (Å²) < 4.78 is 93.4. The second-order valence-corrected chi connectivity index (χ2v) is 9.38. The Morgan fingerprint density at radius 2 is 1.90 bits per heavy atom. The maximum absolute atomic E-state index is 14.0. The number of carbonyl (C=O) groups is 1. The number of hydrogen-bond donors (Lipinski definition) is 1. The molecule has 3 heterocycles. The molecule has 0 atom stereocenters. The molecule has 0 aliphatic carbocycles. The first kappa shape index (κ1) is 24.5. The van der Waals surface area contributed by atoms with Gasteiger partial charge in [0.05, 0.1) is 11.8 Å². The lowest BCUT2D eigenvalue weighted by molar-refractivity contribution is -0.138. The predicted octanol–water partition coefficient (Wildman–Crippen LogP) is 5.09. The zero-order valence-corrected chi connectivity index (χ0v) is 21.4. The molecule has 1 N–H and O–H groups in total. The average Bonchev–Trinajstić information content (AvgIpc) is 3.39. The first-order valence-electron chi connectivity index (χ1n) is 14.0. The summed E-state index contributed by atoms with van der Waals surface area (Å²) in [5.74, 6) is 4.55. The van der Waals surface area contributed by atoms with Crippen LogP contribution >= 0.6 is 0 Å². The molecule has 2 aromatic heterocycles. The largest absolute Gasteiger partial charge is 0.416 e. The Morgan fingerprint density at radius 3 is 2.63 bits per heavy atom. The van der Waals surface area contributed by atoms with E-state index in [0.29, 0.717) is 11.3 Å². The van der Waals surface area contributed by atoms with Crippen LogP contribution in [0.1, 0.15) is 48.8 Å². The van der Waals surface area contributed by atoms with Crippen LogP contribution in [0.2, 0.25) is 0 Å². The van der Waals surface area contributed by atoms with Gasteiger partial charge < -0.3 is 10.2 Å². The summed E-state index contributed by atoms with van der Waals surface area (Å²) in [5, 5.41) is 6.52. The Morgan fingerprint density at radius 1 is 1.10 bits per heavy atom. The summed E-state index contributed by atoms with van der Waals surface area (Å²) in [7, 11) is 0. The van der Waals surface area contributed by atoms with Crippen LogP contribution in [0.25, 0.3) is 5.65 Å². The number of nitrogens with one attached hydrogen (secondary N) is 1. The molecule has 1 aliphatic heterocycles. The van der Waals surface area contributed by atoms with E-state index in [1.807, 2.05) is 0 Å². The summed E-state index contributed by atoms with van der Waals surface area (Å²) in [6.07, 6.45) is -4.69. The first-order chi connectivity index (χ1) is 20.8. The molecule has 41 heavy (non-hydrogen) atoms. The van der Waals surface area contributed by atoms with Crippen LogP contribution < -0.4 is 5.32 Å². The number of fused-ring (bicyclic) bond motifs is 1. The minimum Gasteiger partial charge on any atom is -0.322 e. The van der Waals surface area contributed by atoms with Gasteiger partial charge in [0.15, 0.2) is 5.65 Å². The molecule has 1 saturated heterocycles. The van der Waals surface area contributed by atoms with Gasteiger partial charge in [-0.3, -0.25) is 9.69 Å². The van der Waals surface area contributed by atoms with Crippen molar-refractivity contribution in [1.29, 1.82) is 0 Å².